The fourth-order valence-electron chi connectivity index (χ4n) is 6.70. The van der Waals surface area contributed by atoms with E-state index >= 15 is 0 Å². The first-order valence-electron chi connectivity index (χ1n) is 15.5. The first-order valence-corrected chi connectivity index (χ1v) is 17.8. The number of aryl methyl sites for hydroxylation is 2. The van der Waals surface area contributed by atoms with Crippen molar-refractivity contribution in [3.05, 3.63) is 188 Å². The third kappa shape index (κ3) is 6.21. The Morgan fingerprint density at radius 1 is 0.562 bits per heavy atom. The zero-order valence-electron chi connectivity index (χ0n) is 26.6. The van der Waals surface area contributed by atoms with Crippen molar-refractivity contribution in [3.8, 4) is 22.3 Å². The molecule has 0 aliphatic heterocycles. The van der Waals surface area contributed by atoms with Crippen LogP contribution in [0.1, 0.15) is 51.4 Å². The van der Waals surface area contributed by atoms with Gasteiger partial charge in [-0.05, 0) is 98.6 Å². The van der Waals surface area contributed by atoms with Crippen molar-refractivity contribution in [1.29, 1.82) is 0 Å². The highest BCUT2D eigenvalue weighted by Crippen LogP contribution is 2.56. The molecular weight excluding hydrogens is 767 g/mol. The highest BCUT2D eigenvalue weighted by molar-refractivity contribution is 9.18. The average molecular weight is 799 g/mol. The Balaban J connectivity index is 0.000000151. The monoisotopic (exact) mass is 796 g/mol. The molecule has 2 unspecified atom stereocenters. The van der Waals surface area contributed by atoms with Crippen LogP contribution in [0, 0.1) is 13.8 Å². The maximum Gasteiger partial charge on any atom is 0.194 e. The first-order chi connectivity index (χ1) is 22.9. The van der Waals surface area contributed by atoms with E-state index in [1.807, 2.05) is 61.5 Å². The van der Waals surface area contributed by atoms with E-state index in [0.717, 1.165) is 38.4 Å². The van der Waals surface area contributed by atoms with E-state index in [9.17, 15) is 9.90 Å². The van der Waals surface area contributed by atoms with Gasteiger partial charge in [-0.3, -0.25) is 4.79 Å². The molecule has 0 heterocycles. The molecule has 0 spiro atoms. The molecule has 0 radical (unpaired) electrons. The smallest absolute Gasteiger partial charge is 0.194 e. The van der Waals surface area contributed by atoms with Gasteiger partial charge in [0.2, 0.25) is 0 Å². The number of aliphatic hydroxyl groups is 1. The molecule has 0 saturated heterocycles. The van der Waals surface area contributed by atoms with Gasteiger partial charge in [0, 0.05) is 28.1 Å². The Bertz CT molecular complexity index is 1990. The fourth-order valence-corrected chi connectivity index (χ4v) is 7.90. The summed E-state index contributed by atoms with van der Waals surface area (Å²) >= 11 is 18.8. The maximum absolute atomic E-state index is 11.6. The van der Waals surface area contributed by atoms with Gasteiger partial charge in [0.25, 0.3) is 0 Å². The minimum absolute atomic E-state index is 0.0208. The highest BCUT2D eigenvalue weighted by atomic mass is 79.9. The van der Waals surface area contributed by atoms with E-state index in [1.54, 1.807) is 0 Å². The number of hydrogen-bond donors (Lipinski definition) is 1. The minimum Gasteiger partial charge on any atom is -0.376 e. The molecule has 0 aromatic heterocycles. The molecule has 0 fully saturated rings. The van der Waals surface area contributed by atoms with E-state index in [-0.39, 0.29) is 9.02 Å². The number of hydrogen-bond acceptors (Lipinski definition) is 2. The summed E-state index contributed by atoms with van der Waals surface area (Å²) < 4.78 is -0.331. The molecule has 0 amide bonds. The molecule has 48 heavy (non-hydrogen) atoms. The second-order valence-corrected chi connectivity index (χ2v) is 15.2. The largest absolute Gasteiger partial charge is 0.376 e. The van der Waals surface area contributed by atoms with Gasteiger partial charge in [-0.2, -0.15) is 0 Å². The van der Waals surface area contributed by atoms with Crippen LogP contribution in [0.2, 0.25) is 10.0 Å². The maximum atomic E-state index is 11.6. The molecule has 2 nitrogen and oxygen atoms in total. The standard InChI is InChI=1S/C20H14BrCl.C20H15ClO.C2H3BrO/c1-13-6-11-17-16-4-2-3-5-18(16)20(21,19(17)12-13)14-7-9-15(22)10-8-14;1-13-6-11-17-16-4-2-3-5-18(16)20(22,19(17)12-13)14-7-9-15(21)10-8-14;1-2(3)4/h2-12H,1H3;2-12,22H,1H3;1H3. The Kier molecular flexibility index (Phi) is 9.86. The van der Waals surface area contributed by atoms with Crippen LogP contribution in [0.4, 0.5) is 0 Å². The number of carbonyl (C=O) groups excluding carboxylic acids is 1. The molecule has 8 rings (SSSR count). The molecule has 240 valence electrons. The SMILES string of the molecule is CC(=O)Br.Cc1ccc2c(c1)C(Br)(c1ccc(Cl)cc1)c1ccccc1-2.Cc1ccc2c(c1)C(O)(c1ccc(Cl)cc1)c1ccccc1-2. The minimum atomic E-state index is -1.12. The van der Waals surface area contributed by atoms with Crippen LogP contribution in [-0.2, 0) is 14.7 Å². The van der Waals surface area contributed by atoms with Gasteiger partial charge in [-0.25, -0.2) is 0 Å². The number of carbonyl (C=O) groups is 1. The van der Waals surface area contributed by atoms with Crippen LogP contribution in [0.3, 0.4) is 0 Å². The van der Waals surface area contributed by atoms with Gasteiger partial charge in [-0.15, -0.1) is 0 Å². The second kappa shape index (κ2) is 13.8. The zero-order chi connectivity index (χ0) is 34.2. The van der Waals surface area contributed by atoms with Crippen LogP contribution in [0.25, 0.3) is 22.3 Å². The summed E-state index contributed by atoms with van der Waals surface area (Å²) in [4.78, 5) is 9.36. The topological polar surface area (TPSA) is 37.3 Å². The van der Waals surface area contributed by atoms with Crippen LogP contribution >= 0.6 is 55.1 Å². The summed E-state index contributed by atoms with van der Waals surface area (Å²) in [6, 6.07) is 45.1. The Labute approximate surface area is 308 Å². The van der Waals surface area contributed by atoms with E-state index in [4.69, 9.17) is 23.2 Å². The average Bonchev–Trinajstić information content (AvgIpc) is 3.48. The third-order valence-electron chi connectivity index (χ3n) is 8.81. The highest BCUT2D eigenvalue weighted by Gasteiger charge is 2.43. The number of fused-ring (bicyclic) bond motifs is 6. The lowest BCUT2D eigenvalue weighted by atomic mass is 9.84. The van der Waals surface area contributed by atoms with Crippen LogP contribution in [-0.4, -0.2) is 9.80 Å². The van der Waals surface area contributed by atoms with Gasteiger partial charge in [0.15, 0.2) is 4.69 Å². The van der Waals surface area contributed by atoms with Crippen LogP contribution in [0.15, 0.2) is 133 Å². The predicted molar refractivity (Wildman–Crippen MR) is 207 cm³/mol. The molecule has 2 aliphatic carbocycles. The van der Waals surface area contributed by atoms with Gasteiger partial charge in [0.05, 0.1) is 0 Å². The van der Waals surface area contributed by atoms with Crippen molar-refractivity contribution in [2.75, 3.05) is 0 Å². The zero-order valence-corrected chi connectivity index (χ0v) is 31.3. The van der Waals surface area contributed by atoms with Crippen LogP contribution < -0.4 is 0 Å². The molecule has 6 aromatic rings. The molecule has 0 saturated carbocycles. The van der Waals surface area contributed by atoms with Gasteiger partial charge >= 0.3 is 0 Å². The van der Waals surface area contributed by atoms with Crippen molar-refractivity contribution in [3.63, 3.8) is 0 Å². The lowest BCUT2D eigenvalue weighted by Crippen LogP contribution is -2.26. The van der Waals surface area contributed by atoms with Crippen molar-refractivity contribution >= 4 is 59.8 Å². The van der Waals surface area contributed by atoms with Gasteiger partial charge in [-0.1, -0.05) is 159 Å². The summed E-state index contributed by atoms with van der Waals surface area (Å²) in [7, 11) is 0. The molecule has 0 bridgehead atoms. The number of rotatable bonds is 2. The van der Waals surface area contributed by atoms with Gasteiger partial charge in [0.1, 0.15) is 9.93 Å². The number of benzene rings is 6. The number of halogens is 4. The summed E-state index contributed by atoms with van der Waals surface area (Å²) in [5.41, 5.74) is 12.6. The summed E-state index contributed by atoms with van der Waals surface area (Å²) in [6.07, 6.45) is 0. The normalized spacial score (nSPS) is 17.8. The van der Waals surface area contributed by atoms with E-state index in [1.165, 1.54) is 40.3 Å². The molecule has 6 heteroatoms. The predicted octanol–water partition coefficient (Wildman–Crippen LogP) is 12.2. The summed E-state index contributed by atoms with van der Waals surface area (Å²) in [5.74, 6) is 0. The molecule has 2 atom stereocenters. The third-order valence-corrected chi connectivity index (χ3v) is 10.6. The fraction of sp³-hybridized carbons (Fsp3) is 0.119. The van der Waals surface area contributed by atoms with Crippen LogP contribution in [0.5, 0.6) is 0 Å². The molecule has 2 aliphatic rings. The second-order valence-electron chi connectivity index (χ2n) is 12.0. The quantitative estimate of drug-likeness (QED) is 0.140. The van der Waals surface area contributed by atoms with E-state index in [0.29, 0.717) is 5.02 Å². The Hall–Kier alpha value is -3.51. The molecular formula is C42H32Br2Cl2O2. The number of alkyl halides is 1. The van der Waals surface area contributed by atoms with Gasteiger partial charge < -0.3 is 5.11 Å². The van der Waals surface area contributed by atoms with Crippen molar-refractivity contribution < 1.29 is 9.90 Å². The first kappa shape index (κ1) is 34.4. The molecule has 1 N–H and O–H groups in total. The molecule has 6 aromatic carbocycles. The lowest BCUT2D eigenvalue weighted by molar-refractivity contribution is -0.108. The van der Waals surface area contributed by atoms with E-state index < -0.39 is 5.60 Å². The lowest BCUT2D eigenvalue weighted by Gasteiger charge is -2.26. The van der Waals surface area contributed by atoms with Crippen molar-refractivity contribution in [2.24, 2.45) is 0 Å². The van der Waals surface area contributed by atoms with Crippen molar-refractivity contribution in [1.82, 2.24) is 0 Å². The Morgan fingerprint density at radius 3 is 1.50 bits per heavy atom. The summed E-state index contributed by atoms with van der Waals surface area (Å²) in [6.45, 7) is 5.63. The van der Waals surface area contributed by atoms with E-state index in [2.05, 4.69) is 118 Å². The Morgan fingerprint density at radius 2 is 0.958 bits per heavy atom. The summed E-state index contributed by atoms with van der Waals surface area (Å²) in [5, 5.41) is 13.1. The van der Waals surface area contributed by atoms with Crippen molar-refractivity contribution in [2.45, 2.75) is 30.7 Å².